The van der Waals surface area contributed by atoms with E-state index in [0.717, 1.165) is 10.0 Å². The van der Waals surface area contributed by atoms with Gasteiger partial charge in [0, 0.05) is 15.1 Å². The number of nitrogens with zero attached hydrogens (tertiary/aromatic N) is 1. The molecule has 0 heterocycles. The fourth-order valence-electron chi connectivity index (χ4n) is 2.70. The van der Waals surface area contributed by atoms with E-state index in [1.807, 2.05) is 24.3 Å². The van der Waals surface area contributed by atoms with Crippen LogP contribution in [0.15, 0.2) is 76.3 Å². The first-order chi connectivity index (χ1) is 15.4. The molecule has 1 N–H and O–H groups in total. The number of amides is 1. The molecule has 0 bridgehead atoms. The van der Waals surface area contributed by atoms with Gasteiger partial charge in [0.05, 0.1) is 13.3 Å². The third-order valence-electron chi connectivity index (χ3n) is 4.37. The second-order valence-electron chi connectivity index (χ2n) is 6.77. The molecule has 0 spiro atoms. The second-order valence-corrected chi connectivity index (χ2v) is 8.12. The van der Waals surface area contributed by atoms with E-state index in [4.69, 9.17) is 25.8 Å². The first-order valence-electron chi connectivity index (χ1n) is 9.75. The first kappa shape index (κ1) is 23.6. The van der Waals surface area contributed by atoms with Gasteiger partial charge in [0.1, 0.15) is 23.9 Å². The van der Waals surface area contributed by atoms with E-state index in [0.29, 0.717) is 34.4 Å². The molecule has 0 aromatic heterocycles. The predicted molar refractivity (Wildman–Crippen MR) is 129 cm³/mol. The first-order valence-corrected chi connectivity index (χ1v) is 10.9. The van der Waals surface area contributed by atoms with E-state index in [9.17, 15) is 4.79 Å². The highest BCUT2D eigenvalue weighted by Crippen LogP contribution is 2.24. The molecule has 8 heteroatoms. The van der Waals surface area contributed by atoms with Crippen molar-refractivity contribution >= 4 is 39.7 Å². The van der Waals surface area contributed by atoms with Crippen LogP contribution in [0.1, 0.15) is 18.1 Å². The molecular weight excluding hydrogens is 496 g/mol. The third kappa shape index (κ3) is 7.00. The van der Waals surface area contributed by atoms with Gasteiger partial charge < -0.3 is 14.2 Å². The van der Waals surface area contributed by atoms with Crippen LogP contribution in [0.25, 0.3) is 0 Å². The van der Waals surface area contributed by atoms with Crippen LogP contribution in [-0.4, -0.2) is 25.3 Å². The van der Waals surface area contributed by atoms with Crippen LogP contribution in [0, 0.1) is 0 Å². The molecule has 0 unspecified atom stereocenters. The van der Waals surface area contributed by atoms with Gasteiger partial charge in [-0.2, -0.15) is 5.10 Å². The fraction of sp³-hybridized carbons (Fsp3) is 0.167. The Kier molecular flexibility index (Phi) is 8.53. The number of hydrogen-bond donors (Lipinski definition) is 1. The molecule has 0 saturated heterocycles. The van der Waals surface area contributed by atoms with Crippen molar-refractivity contribution in [1.29, 1.82) is 0 Å². The molecule has 1 amide bonds. The van der Waals surface area contributed by atoms with Crippen molar-refractivity contribution in [2.75, 3.05) is 7.11 Å². The largest absolute Gasteiger partial charge is 0.497 e. The fourth-order valence-corrected chi connectivity index (χ4v) is 3.27. The van der Waals surface area contributed by atoms with Crippen molar-refractivity contribution < 1.29 is 19.0 Å². The summed E-state index contributed by atoms with van der Waals surface area (Å²) in [5.74, 6) is 1.40. The molecular formula is C24H22BrClN2O4. The minimum absolute atomic E-state index is 0.380. The summed E-state index contributed by atoms with van der Waals surface area (Å²) in [7, 11) is 1.58. The van der Waals surface area contributed by atoms with Crippen molar-refractivity contribution in [3.05, 3.63) is 87.4 Å². The smallest absolute Gasteiger partial charge is 0.280 e. The normalized spacial score (nSPS) is 11.8. The molecule has 3 aromatic rings. The van der Waals surface area contributed by atoms with E-state index in [-0.39, 0.29) is 0 Å². The zero-order valence-corrected chi connectivity index (χ0v) is 19.9. The summed E-state index contributed by atoms with van der Waals surface area (Å²) < 4.78 is 17.8. The molecule has 6 nitrogen and oxygen atoms in total. The number of carbonyl (C=O) groups is 1. The summed E-state index contributed by atoms with van der Waals surface area (Å²) in [6, 6.07) is 20.0. The van der Waals surface area contributed by atoms with Gasteiger partial charge in [-0.1, -0.05) is 39.7 Å². The van der Waals surface area contributed by atoms with Crippen LogP contribution < -0.4 is 19.6 Å². The van der Waals surface area contributed by atoms with Crippen LogP contribution in [0.3, 0.4) is 0 Å². The SMILES string of the molecule is COc1ccc(OCc2cccc(Br)c2)c(/C=N\NC(=O)[C@H](C)Oc2ccc(Cl)cc2)c1. The topological polar surface area (TPSA) is 69.2 Å². The lowest BCUT2D eigenvalue weighted by molar-refractivity contribution is -0.127. The zero-order valence-electron chi connectivity index (χ0n) is 17.5. The monoisotopic (exact) mass is 516 g/mol. The van der Waals surface area contributed by atoms with E-state index >= 15 is 0 Å². The third-order valence-corrected chi connectivity index (χ3v) is 5.12. The maximum atomic E-state index is 12.3. The minimum atomic E-state index is -0.745. The molecule has 3 aromatic carbocycles. The number of benzene rings is 3. The van der Waals surface area contributed by atoms with Gasteiger partial charge in [-0.25, -0.2) is 5.43 Å². The lowest BCUT2D eigenvalue weighted by Gasteiger charge is -2.13. The Morgan fingerprint density at radius 2 is 1.88 bits per heavy atom. The highest BCUT2D eigenvalue weighted by atomic mass is 79.9. The van der Waals surface area contributed by atoms with Crippen LogP contribution in [0.4, 0.5) is 0 Å². The summed E-state index contributed by atoms with van der Waals surface area (Å²) in [5.41, 5.74) is 4.16. The summed E-state index contributed by atoms with van der Waals surface area (Å²) in [6.45, 7) is 2.02. The highest BCUT2D eigenvalue weighted by molar-refractivity contribution is 9.10. The van der Waals surface area contributed by atoms with Crippen LogP contribution in [-0.2, 0) is 11.4 Å². The standard InChI is InChI=1S/C24H22BrClN2O4/c1-16(32-21-8-6-20(26)7-9-21)24(29)28-27-14-18-13-22(30-2)10-11-23(18)31-15-17-4-3-5-19(25)12-17/h3-14,16H,15H2,1-2H3,(H,28,29)/b27-14-/t16-/m0/s1. The number of hydrazone groups is 1. The Morgan fingerprint density at radius 1 is 1.12 bits per heavy atom. The molecule has 1 atom stereocenters. The minimum Gasteiger partial charge on any atom is -0.497 e. The average molecular weight is 518 g/mol. The van der Waals surface area contributed by atoms with E-state index < -0.39 is 12.0 Å². The van der Waals surface area contributed by atoms with Crippen molar-refractivity contribution in [2.45, 2.75) is 19.6 Å². The number of ether oxygens (including phenoxy) is 3. The Bertz CT molecular complexity index is 1090. The second kappa shape index (κ2) is 11.5. The van der Waals surface area contributed by atoms with Gasteiger partial charge in [-0.15, -0.1) is 0 Å². The lowest BCUT2D eigenvalue weighted by Crippen LogP contribution is -2.33. The number of rotatable bonds is 9. The molecule has 0 aliphatic heterocycles. The number of nitrogens with one attached hydrogen (secondary N) is 1. The number of methoxy groups -OCH3 is 1. The molecule has 0 aliphatic rings. The van der Waals surface area contributed by atoms with Gasteiger partial charge in [-0.05, 0) is 67.1 Å². The van der Waals surface area contributed by atoms with Crippen molar-refractivity contribution in [2.24, 2.45) is 5.10 Å². The Morgan fingerprint density at radius 3 is 2.59 bits per heavy atom. The number of carbonyl (C=O) groups excluding carboxylic acids is 1. The van der Waals surface area contributed by atoms with Crippen molar-refractivity contribution in [3.8, 4) is 17.2 Å². The molecule has 0 aliphatic carbocycles. The molecule has 32 heavy (non-hydrogen) atoms. The van der Waals surface area contributed by atoms with Crippen molar-refractivity contribution in [1.82, 2.24) is 5.43 Å². The van der Waals surface area contributed by atoms with Gasteiger partial charge in [-0.3, -0.25) is 4.79 Å². The Labute approximate surface area is 200 Å². The zero-order chi connectivity index (χ0) is 22.9. The molecule has 0 fully saturated rings. The summed E-state index contributed by atoms with van der Waals surface area (Å²) >= 11 is 9.32. The summed E-state index contributed by atoms with van der Waals surface area (Å²) in [4.78, 5) is 12.3. The van der Waals surface area contributed by atoms with Crippen LogP contribution >= 0.6 is 27.5 Å². The van der Waals surface area contributed by atoms with Crippen LogP contribution in [0.5, 0.6) is 17.2 Å². The quantitative estimate of drug-likeness (QED) is 0.296. The molecule has 166 valence electrons. The van der Waals surface area contributed by atoms with E-state index in [1.54, 1.807) is 56.5 Å². The summed E-state index contributed by atoms with van der Waals surface area (Å²) in [6.07, 6.45) is 0.761. The highest BCUT2D eigenvalue weighted by Gasteiger charge is 2.14. The number of hydrogen-bond acceptors (Lipinski definition) is 5. The summed E-state index contributed by atoms with van der Waals surface area (Å²) in [5, 5.41) is 4.65. The predicted octanol–water partition coefficient (Wildman–Crippen LogP) is 5.61. The maximum Gasteiger partial charge on any atom is 0.280 e. The van der Waals surface area contributed by atoms with Gasteiger partial charge >= 0.3 is 0 Å². The number of halogens is 2. The van der Waals surface area contributed by atoms with Gasteiger partial charge in [0.2, 0.25) is 0 Å². The Balaban J connectivity index is 1.63. The van der Waals surface area contributed by atoms with E-state index in [2.05, 4.69) is 26.5 Å². The molecule has 3 rings (SSSR count). The van der Waals surface area contributed by atoms with Crippen LogP contribution in [0.2, 0.25) is 5.02 Å². The van der Waals surface area contributed by atoms with E-state index in [1.165, 1.54) is 6.21 Å². The maximum absolute atomic E-state index is 12.3. The molecule has 0 radical (unpaired) electrons. The van der Waals surface area contributed by atoms with Gasteiger partial charge in [0.15, 0.2) is 6.10 Å². The van der Waals surface area contributed by atoms with Crippen molar-refractivity contribution in [3.63, 3.8) is 0 Å². The van der Waals surface area contributed by atoms with Gasteiger partial charge in [0.25, 0.3) is 5.91 Å². The average Bonchev–Trinajstić information content (AvgIpc) is 2.79. The molecule has 0 saturated carbocycles. The lowest BCUT2D eigenvalue weighted by atomic mass is 10.2. The Hall–Kier alpha value is -3.03.